The number of hydrogen-bond acceptors (Lipinski definition) is 7. The average molecular weight is 475 g/mol. The Morgan fingerprint density at radius 1 is 1.16 bits per heavy atom. The number of carbonyl (C=O) groups is 1. The Morgan fingerprint density at radius 3 is 2.77 bits per heavy atom. The molecule has 1 saturated heterocycles. The van der Waals surface area contributed by atoms with Gasteiger partial charge in [-0.3, -0.25) is 9.69 Å². The van der Waals surface area contributed by atoms with Crippen LogP contribution in [0.1, 0.15) is 23.8 Å². The molecular weight excluding hydrogens is 452 g/mol. The summed E-state index contributed by atoms with van der Waals surface area (Å²) in [5.74, 6) is 0.551. The lowest BCUT2D eigenvalue weighted by Gasteiger charge is -2.34. The van der Waals surface area contributed by atoms with Crippen molar-refractivity contribution in [3.63, 3.8) is 0 Å². The number of halogens is 1. The van der Waals surface area contributed by atoms with Crippen LogP contribution in [0.25, 0.3) is 10.4 Å². The highest BCUT2D eigenvalue weighted by molar-refractivity contribution is 7.99. The normalized spacial score (nSPS) is 17.3. The van der Waals surface area contributed by atoms with E-state index in [1.807, 2.05) is 27.8 Å². The number of amides is 1. The largest absolute Gasteiger partial charge is 0.339 e. The number of nitrogens with zero attached hydrogens (tertiary/aromatic N) is 6. The SMILES string of the molecule is O=C(CSc1nnnn1C1CC1)N1CCN(Cc2ccc(-c3cccc(Cl)c3)s2)CC1. The number of piperazine rings is 1. The molecule has 7 nitrogen and oxygen atoms in total. The van der Waals surface area contributed by atoms with Gasteiger partial charge in [-0.25, -0.2) is 4.68 Å². The van der Waals surface area contributed by atoms with Crippen molar-refractivity contribution in [1.29, 1.82) is 0 Å². The van der Waals surface area contributed by atoms with Crippen LogP contribution in [0.2, 0.25) is 5.02 Å². The zero-order valence-corrected chi connectivity index (χ0v) is 19.4. The first-order valence-corrected chi connectivity index (χ1v) is 12.6. The summed E-state index contributed by atoms with van der Waals surface area (Å²) in [4.78, 5) is 19.6. The number of thioether (sulfide) groups is 1. The van der Waals surface area contributed by atoms with Crippen molar-refractivity contribution >= 4 is 40.6 Å². The van der Waals surface area contributed by atoms with E-state index < -0.39 is 0 Å². The van der Waals surface area contributed by atoms with Crippen LogP contribution in [0.15, 0.2) is 41.6 Å². The molecule has 1 aliphatic heterocycles. The van der Waals surface area contributed by atoms with Crippen molar-refractivity contribution < 1.29 is 4.79 Å². The van der Waals surface area contributed by atoms with Gasteiger partial charge in [-0.15, -0.1) is 16.4 Å². The molecule has 1 aliphatic carbocycles. The zero-order chi connectivity index (χ0) is 21.2. The van der Waals surface area contributed by atoms with Gasteiger partial charge in [0.15, 0.2) is 0 Å². The smallest absolute Gasteiger partial charge is 0.233 e. The van der Waals surface area contributed by atoms with E-state index in [4.69, 9.17) is 11.6 Å². The lowest BCUT2D eigenvalue weighted by atomic mass is 10.2. The van der Waals surface area contributed by atoms with Crippen molar-refractivity contribution in [3.05, 3.63) is 46.3 Å². The molecule has 1 saturated carbocycles. The van der Waals surface area contributed by atoms with Crippen molar-refractivity contribution in [1.82, 2.24) is 30.0 Å². The summed E-state index contributed by atoms with van der Waals surface area (Å²) in [5, 5.41) is 13.4. The van der Waals surface area contributed by atoms with E-state index >= 15 is 0 Å². The van der Waals surface area contributed by atoms with E-state index in [0.717, 1.165) is 61.3 Å². The third kappa shape index (κ3) is 5.11. The standard InChI is InChI=1S/C21H23ClN6OS2/c22-16-3-1-2-15(12-16)19-7-6-18(31-19)13-26-8-10-27(11-9-26)20(29)14-30-21-23-24-25-28(21)17-4-5-17/h1-3,6-7,12,17H,4-5,8-11,13-14H2. The van der Waals surface area contributed by atoms with E-state index in [1.165, 1.54) is 21.5 Å². The Bertz CT molecular complexity index is 1060. The lowest BCUT2D eigenvalue weighted by Crippen LogP contribution is -2.48. The summed E-state index contributed by atoms with van der Waals surface area (Å²) in [6, 6.07) is 12.8. The third-order valence-electron chi connectivity index (χ3n) is 5.56. The Morgan fingerprint density at radius 2 is 2.00 bits per heavy atom. The van der Waals surface area contributed by atoms with Gasteiger partial charge in [0.1, 0.15) is 0 Å². The van der Waals surface area contributed by atoms with E-state index in [1.54, 1.807) is 11.3 Å². The number of hydrogen-bond donors (Lipinski definition) is 0. The Kier molecular flexibility index (Phi) is 6.27. The molecule has 2 aromatic heterocycles. The highest BCUT2D eigenvalue weighted by Crippen LogP contribution is 2.36. The molecule has 0 radical (unpaired) electrons. The Balaban J connectivity index is 1.10. The summed E-state index contributed by atoms with van der Waals surface area (Å²) in [6.45, 7) is 4.22. The van der Waals surface area contributed by atoms with Crippen LogP contribution < -0.4 is 0 Å². The number of rotatable bonds is 7. The zero-order valence-electron chi connectivity index (χ0n) is 17.0. The van der Waals surface area contributed by atoms with E-state index in [-0.39, 0.29) is 5.91 Å². The fraction of sp³-hybridized carbons (Fsp3) is 0.429. The van der Waals surface area contributed by atoms with Crippen LogP contribution in [0.4, 0.5) is 0 Å². The summed E-state index contributed by atoms with van der Waals surface area (Å²) in [7, 11) is 0. The van der Waals surface area contributed by atoms with Crippen LogP contribution in [-0.2, 0) is 11.3 Å². The van der Waals surface area contributed by atoms with Crippen LogP contribution in [0.3, 0.4) is 0 Å². The molecule has 1 aromatic carbocycles. The van der Waals surface area contributed by atoms with Gasteiger partial charge in [-0.1, -0.05) is 35.5 Å². The van der Waals surface area contributed by atoms with E-state index in [0.29, 0.717) is 11.8 Å². The van der Waals surface area contributed by atoms with Crippen molar-refractivity contribution in [2.45, 2.75) is 30.6 Å². The van der Waals surface area contributed by atoms with Crippen molar-refractivity contribution in [2.24, 2.45) is 0 Å². The van der Waals surface area contributed by atoms with Gasteiger partial charge in [0.2, 0.25) is 11.1 Å². The summed E-state index contributed by atoms with van der Waals surface area (Å²) < 4.78 is 1.86. The van der Waals surface area contributed by atoms with E-state index in [9.17, 15) is 4.79 Å². The third-order valence-corrected chi connectivity index (χ3v) is 7.83. The number of thiophene rings is 1. The number of aromatic nitrogens is 4. The number of carbonyl (C=O) groups excluding carboxylic acids is 1. The molecular formula is C21H23ClN6OS2. The van der Waals surface area contributed by atoms with Crippen molar-refractivity contribution in [3.8, 4) is 10.4 Å². The quantitative estimate of drug-likeness (QED) is 0.485. The second kappa shape index (κ2) is 9.28. The minimum Gasteiger partial charge on any atom is -0.339 e. The first kappa shape index (κ1) is 20.9. The summed E-state index contributed by atoms with van der Waals surface area (Å²) in [5.41, 5.74) is 1.16. The van der Waals surface area contributed by atoms with Gasteiger partial charge in [0.25, 0.3) is 0 Å². The molecule has 1 amide bonds. The molecule has 0 atom stereocenters. The van der Waals surface area contributed by atoms with Gasteiger partial charge in [-0.05, 0) is 53.1 Å². The van der Waals surface area contributed by atoms with Crippen molar-refractivity contribution in [2.75, 3.05) is 31.9 Å². The molecule has 0 unspecified atom stereocenters. The predicted molar refractivity (Wildman–Crippen MR) is 123 cm³/mol. The molecule has 3 heterocycles. The Hall–Kier alpha value is -1.94. The minimum absolute atomic E-state index is 0.161. The van der Waals surface area contributed by atoms with E-state index in [2.05, 4.69) is 38.6 Å². The summed E-state index contributed by atoms with van der Waals surface area (Å²) >= 11 is 9.37. The second-order valence-corrected chi connectivity index (χ2v) is 10.4. The van der Waals surface area contributed by atoms with Gasteiger partial charge in [-0.2, -0.15) is 0 Å². The maximum atomic E-state index is 12.6. The molecule has 3 aromatic rings. The molecule has 0 bridgehead atoms. The molecule has 162 valence electrons. The topological polar surface area (TPSA) is 67.2 Å². The highest BCUT2D eigenvalue weighted by atomic mass is 35.5. The van der Waals surface area contributed by atoms with Gasteiger partial charge < -0.3 is 4.90 Å². The summed E-state index contributed by atoms with van der Waals surface area (Å²) in [6.07, 6.45) is 2.25. The number of tetrazole rings is 1. The predicted octanol–water partition coefficient (Wildman–Crippen LogP) is 3.83. The maximum absolute atomic E-state index is 12.6. The van der Waals surface area contributed by atoms with Gasteiger partial charge in [0, 0.05) is 47.5 Å². The van der Waals surface area contributed by atoms with Crippen LogP contribution in [-0.4, -0.2) is 67.8 Å². The average Bonchev–Trinajstić information content (AvgIpc) is 3.33. The first-order chi connectivity index (χ1) is 15.2. The first-order valence-electron chi connectivity index (χ1n) is 10.4. The van der Waals surface area contributed by atoms with Gasteiger partial charge >= 0.3 is 0 Å². The fourth-order valence-corrected chi connectivity index (χ4v) is 5.77. The molecule has 2 fully saturated rings. The minimum atomic E-state index is 0.161. The molecule has 10 heteroatoms. The second-order valence-electron chi connectivity index (χ2n) is 7.86. The molecule has 2 aliphatic rings. The molecule has 31 heavy (non-hydrogen) atoms. The lowest BCUT2D eigenvalue weighted by molar-refractivity contribution is -0.130. The highest BCUT2D eigenvalue weighted by Gasteiger charge is 2.29. The molecule has 0 spiro atoms. The van der Waals surface area contributed by atoms with Gasteiger partial charge in [0.05, 0.1) is 11.8 Å². The molecule has 5 rings (SSSR count). The number of benzene rings is 1. The van der Waals surface area contributed by atoms with Crippen LogP contribution in [0.5, 0.6) is 0 Å². The maximum Gasteiger partial charge on any atom is 0.233 e. The van der Waals surface area contributed by atoms with Crippen LogP contribution in [0, 0.1) is 0 Å². The monoisotopic (exact) mass is 474 g/mol. The fourth-order valence-electron chi connectivity index (χ4n) is 3.68. The van der Waals surface area contributed by atoms with Crippen LogP contribution >= 0.6 is 34.7 Å². The molecule has 0 N–H and O–H groups in total. The Labute approximate surface area is 194 Å².